The fourth-order valence-electron chi connectivity index (χ4n) is 1.30. The smallest absolute Gasteiger partial charge is 0.192 e. The molecular weight excluding hydrogens is 220 g/mol. The van der Waals surface area contributed by atoms with Gasteiger partial charge in [0, 0.05) is 12.1 Å². The lowest BCUT2D eigenvalue weighted by molar-refractivity contribution is 0.104. The van der Waals surface area contributed by atoms with Gasteiger partial charge in [-0.2, -0.15) is 0 Å². The van der Waals surface area contributed by atoms with Crippen LogP contribution in [-0.2, 0) is 4.74 Å². The van der Waals surface area contributed by atoms with E-state index in [4.69, 9.17) is 14.2 Å². The Bertz CT molecular complexity index is 410. The Morgan fingerprint density at radius 2 is 2.06 bits per heavy atom. The minimum Gasteiger partial charge on any atom is -0.501 e. The van der Waals surface area contributed by atoms with E-state index < -0.39 is 0 Å². The molecule has 0 bridgehead atoms. The van der Waals surface area contributed by atoms with Gasteiger partial charge in [-0.05, 0) is 19.1 Å². The van der Waals surface area contributed by atoms with E-state index in [1.165, 1.54) is 19.4 Å². The first kappa shape index (κ1) is 13.1. The number of carbonyl (C=O) groups is 1. The van der Waals surface area contributed by atoms with E-state index in [1.54, 1.807) is 25.3 Å². The molecule has 0 N–H and O–H groups in total. The van der Waals surface area contributed by atoms with Crippen LogP contribution in [0.1, 0.15) is 17.3 Å². The largest absolute Gasteiger partial charge is 0.501 e. The van der Waals surface area contributed by atoms with Crippen LogP contribution in [0.25, 0.3) is 0 Å². The molecule has 1 rings (SSSR count). The summed E-state index contributed by atoms with van der Waals surface area (Å²) >= 11 is 0. The molecule has 0 fully saturated rings. The minimum absolute atomic E-state index is 0.169. The summed E-state index contributed by atoms with van der Waals surface area (Å²) < 4.78 is 15.2. The average molecular weight is 236 g/mol. The third-order valence-corrected chi connectivity index (χ3v) is 2.16. The van der Waals surface area contributed by atoms with Crippen LogP contribution in [0.2, 0.25) is 0 Å². The molecule has 0 aliphatic carbocycles. The van der Waals surface area contributed by atoms with Gasteiger partial charge >= 0.3 is 0 Å². The van der Waals surface area contributed by atoms with Crippen LogP contribution < -0.4 is 9.47 Å². The molecule has 0 radical (unpaired) electrons. The highest BCUT2D eigenvalue weighted by atomic mass is 16.5. The van der Waals surface area contributed by atoms with Gasteiger partial charge in [0.2, 0.25) is 0 Å². The Balaban J connectivity index is 2.93. The third-order valence-electron chi connectivity index (χ3n) is 2.16. The lowest BCUT2D eigenvalue weighted by Gasteiger charge is -2.07. The topological polar surface area (TPSA) is 44.8 Å². The Morgan fingerprint density at radius 3 is 2.65 bits per heavy atom. The number of carbonyl (C=O) groups excluding carboxylic acids is 1. The summed E-state index contributed by atoms with van der Waals surface area (Å²) in [6.07, 6.45) is 2.75. The lowest BCUT2D eigenvalue weighted by atomic mass is 10.1. The normalized spacial score (nSPS) is 10.3. The number of hydrogen-bond donors (Lipinski definition) is 0. The van der Waals surface area contributed by atoms with E-state index in [0.29, 0.717) is 23.7 Å². The van der Waals surface area contributed by atoms with Gasteiger partial charge in [0.15, 0.2) is 5.78 Å². The van der Waals surface area contributed by atoms with Gasteiger partial charge in [0.1, 0.15) is 11.5 Å². The molecule has 0 aromatic heterocycles. The minimum atomic E-state index is -0.169. The molecule has 0 atom stereocenters. The summed E-state index contributed by atoms with van der Waals surface area (Å²) in [5.74, 6) is 0.959. The van der Waals surface area contributed by atoms with Crippen LogP contribution in [0.15, 0.2) is 30.5 Å². The lowest BCUT2D eigenvalue weighted by Crippen LogP contribution is -1.99. The number of ether oxygens (including phenoxy) is 3. The maximum Gasteiger partial charge on any atom is 0.192 e. The van der Waals surface area contributed by atoms with Gasteiger partial charge in [-0.15, -0.1) is 0 Å². The predicted octanol–water partition coefficient (Wildman–Crippen LogP) is 2.44. The van der Waals surface area contributed by atoms with Gasteiger partial charge < -0.3 is 14.2 Å². The van der Waals surface area contributed by atoms with Crippen molar-refractivity contribution in [2.45, 2.75) is 6.92 Å². The summed E-state index contributed by atoms with van der Waals surface area (Å²) in [4.78, 5) is 11.8. The number of rotatable bonds is 6. The number of allylic oxidation sites excluding steroid dienone is 1. The van der Waals surface area contributed by atoms with Gasteiger partial charge in [-0.1, -0.05) is 0 Å². The van der Waals surface area contributed by atoms with Gasteiger partial charge in [-0.25, -0.2) is 0 Å². The molecule has 1 aromatic carbocycles. The Kier molecular flexibility index (Phi) is 5.07. The summed E-state index contributed by atoms with van der Waals surface area (Å²) in [5, 5.41) is 0. The number of methoxy groups -OCH3 is 2. The number of ketones is 1. The molecule has 0 amide bonds. The molecule has 17 heavy (non-hydrogen) atoms. The maximum absolute atomic E-state index is 11.8. The van der Waals surface area contributed by atoms with Crippen LogP contribution in [0.4, 0.5) is 0 Å². The van der Waals surface area contributed by atoms with E-state index in [0.717, 1.165) is 0 Å². The van der Waals surface area contributed by atoms with E-state index in [9.17, 15) is 4.79 Å². The molecule has 0 heterocycles. The monoisotopic (exact) mass is 236 g/mol. The van der Waals surface area contributed by atoms with Crippen molar-refractivity contribution in [3.8, 4) is 11.5 Å². The third kappa shape index (κ3) is 3.52. The molecule has 0 aliphatic rings. The van der Waals surface area contributed by atoms with Crippen LogP contribution in [0, 0.1) is 0 Å². The average Bonchev–Trinajstić information content (AvgIpc) is 2.38. The molecule has 0 saturated carbocycles. The fraction of sp³-hybridized carbons (Fsp3) is 0.308. The van der Waals surface area contributed by atoms with Gasteiger partial charge in [0.25, 0.3) is 0 Å². The second-order valence-corrected chi connectivity index (χ2v) is 3.19. The van der Waals surface area contributed by atoms with E-state index >= 15 is 0 Å². The van der Waals surface area contributed by atoms with Crippen molar-refractivity contribution in [1.82, 2.24) is 0 Å². The van der Waals surface area contributed by atoms with Gasteiger partial charge in [0.05, 0.1) is 32.7 Å². The van der Waals surface area contributed by atoms with Crippen molar-refractivity contribution < 1.29 is 19.0 Å². The van der Waals surface area contributed by atoms with E-state index in [2.05, 4.69) is 0 Å². The Morgan fingerprint density at radius 1 is 1.29 bits per heavy atom. The number of benzene rings is 1. The Labute approximate surface area is 101 Å². The van der Waals surface area contributed by atoms with Crippen molar-refractivity contribution in [2.75, 3.05) is 20.8 Å². The van der Waals surface area contributed by atoms with Crippen molar-refractivity contribution >= 4 is 5.78 Å². The van der Waals surface area contributed by atoms with E-state index in [-0.39, 0.29) is 5.78 Å². The standard InChI is InChI=1S/C13H16O4/c1-4-17-8-7-12(14)11-6-5-10(15-2)9-13(11)16-3/h5-9H,4H2,1-3H3. The molecule has 92 valence electrons. The first-order valence-electron chi connectivity index (χ1n) is 5.27. The summed E-state index contributed by atoms with van der Waals surface area (Å²) in [6, 6.07) is 5.04. The molecule has 4 nitrogen and oxygen atoms in total. The number of hydrogen-bond acceptors (Lipinski definition) is 4. The molecular formula is C13H16O4. The molecule has 0 unspecified atom stereocenters. The second kappa shape index (κ2) is 6.58. The predicted molar refractivity (Wildman–Crippen MR) is 64.6 cm³/mol. The zero-order valence-corrected chi connectivity index (χ0v) is 10.2. The molecule has 1 aromatic rings. The van der Waals surface area contributed by atoms with Crippen molar-refractivity contribution in [3.63, 3.8) is 0 Å². The molecule has 0 saturated heterocycles. The second-order valence-electron chi connectivity index (χ2n) is 3.19. The Hall–Kier alpha value is -1.97. The van der Waals surface area contributed by atoms with Crippen LogP contribution in [-0.4, -0.2) is 26.6 Å². The quantitative estimate of drug-likeness (QED) is 0.432. The van der Waals surface area contributed by atoms with E-state index in [1.807, 2.05) is 6.92 Å². The van der Waals surface area contributed by atoms with Crippen LogP contribution in [0.5, 0.6) is 11.5 Å². The highest BCUT2D eigenvalue weighted by Crippen LogP contribution is 2.25. The van der Waals surface area contributed by atoms with Crippen LogP contribution >= 0.6 is 0 Å². The molecule has 0 aliphatic heterocycles. The van der Waals surface area contributed by atoms with Crippen molar-refractivity contribution in [3.05, 3.63) is 36.1 Å². The highest BCUT2D eigenvalue weighted by molar-refractivity contribution is 6.06. The zero-order valence-electron chi connectivity index (χ0n) is 10.2. The molecule has 0 spiro atoms. The van der Waals surface area contributed by atoms with Gasteiger partial charge in [-0.3, -0.25) is 4.79 Å². The van der Waals surface area contributed by atoms with Crippen molar-refractivity contribution in [1.29, 1.82) is 0 Å². The van der Waals surface area contributed by atoms with Crippen molar-refractivity contribution in [2.24, 2.45) is 0 Å². The summed E-state index contributed by atoms with van der Waals surface area (Å²) in [5.41, 5.74) is 0.476. The molecule has 4 heteroatoms. The first-order valence-corrected chi connectivity index (χ1v) is 5.27. The zero-order chi connectivity index (χ0) is 12.7. The first-order chi connectivity index (χ1) is 8.22. The summed E-state index contributed by atoms with van der Waals surface area (Å²) in [7, 11) is 3.07. The van der Waals surface area contributed by atoms with Crippen LogP contribution in [0.3, 0.4) is 0 Å². The summed E-state index contributed by atoms with van der Waals surface area (Å²) in [6.45, 7) is 2.38. The fourth-order valence-corrected chi connectivity index (χ4v) is 1.30. The maximum atomic E-state index is 11.8. The SMILES string of the molecule is CCOC=CC(=O)c1ccc(OC)cc1OC. The highest BCUT2D eigenvalue weighted by Gasteiger charge is 2.10.